The van der Waals surface area contributed by atoms with Gasteiger partial charge < -0.3 is 4.74 Å². The number of carbonyl (C=O) groups excluding carboxylic acids is 2. The molecule has 0 aliphatic rings. The summed E-state index contributed by atoms with van der Waals surface area (Å²) < 4.78 is 5.32. The minimum Gasteiger partial charge on any atom is -0.459 e. The number of hydrogen-bond acceptors (Lipinski definition) is 4. The fraction of sp³-hybridized carbons (Fsp3) is 0.538. The molecule has 5 heteroatoms. The van der Waals surface area contributed by atoms with Gasteiger partial charge in [0.1, 0.15) is 22.7 Å². The van der Waals surface area contributed by atoms with Crippen molar-refractivity contribution in [2.24, 2.45) is 0 Å². The van der Waals surface area contributed by atoms with Crippen LogP contribution in [0.2, 0.25) is 0 Å². The molecule has 3 nitrogen and oxygen atoms in total. The lowest BCUT2D eigenvalue weighted by atomic mass is 9.95. The van der Waals surface area contributed by atoms with Gasteiger partial charge in [0.25, 0.3) is 0 Å². The highest BCUT2D eigenvalue weighted by Gasteiger charge is 2.35. The Labute approximate surface area is 116 Å². The smallest absolute Gasteiger partial charge is 0.315 e. The standard InChI is InChI=1S/C13H17ClO3S/c1-8(15)11(14)10(9-5-6-18-7-9)12(16)17-13(2,3)4/h5-7,10-11H,1-4H3. The number of ketones is 1. The van der Waals surface area contributed by atoms with E-state index >= 15 is 0 Å². The lowest BCUT2D eigenvalue weighted by Crippen LogP contribution is -2.33. The third-order valence-corrected chi connectivity index (χ3v) is 3.50. The highest BCUT2D eigenvalue weighted by molar-refractivity contribution is 7.08. The molecule has 0 amide bonds. The first-order chi connectivity index (χ1) is 8.22. The van der Waals surface area contributed by atoms with Crippen molar-refractivity contribution in [3.05, 3.63) is 22.4 Å². The summed E-state index contributed by atoms with van der Waals surface area (Å²) in [5.41, 5.74) is 0.128. The number of Topliss-reactive ketones (excluding diaryl/α,β-unsaturated/α-hetero) is 1. The molecule has 2 unspecified atom stereocenters. The molecule has 0 radical (unpaired) electrons. The number of esters is 1. The number of rotatable bonds is 4. The van der Waals surface area contributed by atoms with Crippen LogP contribution in [0.1, 0.15) is 39.2 Å². The Morgan fingerprint density at radius 1 is 1.39 bits per heavy atom. The van der Waals surface area contributed by atoms with Gasteiger partial charge in [0.2, 0.25) is 0 Å². The molecular weight excluding hydrogens is 272 g/mol. The highest BCUT2D eigenvalue weighted by atomic mass is 35.5. The van der Waals surface area contributed by atoms with E-state index in [1.54, 1.807) is 26.8 Å². The van der Waals surface area contributed by atoms with Crippen molar-refractivity contribution < 1.29 is 14.3 Å². The minimum atomic E-state index is -0.894. The molecule has 100 valence electrons. The van der Waals surface area contributed by atoms with E-state index in [0.717, 1.165) is 5.56 Å². The van der Waals surface area contributed by atoms with E-state index in [9.17, 15) is 9.59 Å². The summed E-state index contributed by atoms with van der Waals surface area (Å²) in [6, 6.07) is 1.79. The van der Waals surface area contributed by atoms with Gasteiger partial charge in [-0.2, -0.15) is 11.3 Å². The van der Waals surface area contributed by atoms with Crippen LogP contribution in [0, 0.1) is 0 Å². The van der Waals surface area contributed by atoms with E-state index in [0.29, 0.717) is 0 Å². The zero-order valence-electron chi connectivity index (χ0n) is 10.9. The van der Waals surface area contributed by atoms with Gasteiger partial charge in [-0.25, -0.2) is 0 Å². The first kappa shape index (κ1) is 15.2. The molecule has 0 aliphatic heterocycles. The topological polar surface area (TPSA) is 43.4 Å². The van der Waals surface area contributed by atoms with Gasteiger partial charge in [0.05, 0.1) is 0 Å². The van der Waals surface area contributed by atoms with Crippen LogP contribution in [0.3, 0.4) is 0 Å². The van der Waals surface area contributed by atoms with Crippen molar-refractivity contribution in [1.29, 1.82) is 0 Å². The number of hydrogen-bond donors (Lipinski definition) is 0. The second-order valence-electron chi connectivity index (χ2n) is 5.08. The Hall–Kier alpha value is -0.870. The highest BCUT2D eigenvalue weighted by Crippen LogP contribution is 2.29. The molecule has 0 saturated carbocycles. The van der Waals surface area contributed by atoms with Crippen LogP contribution >= 0.6 is 22.9 Å². The maximum absolute atomic E-state index is 12.1. The zero-order chi connectivity index (χ0) is 13.9. The molecule has 1 aromatic rings. The summed E-state index contributed by atoms with van der Waals surface area (Å²) in [6.07, 6.45) is 0. The average Bonchev–Trinajstić information content (AvgIpc) is 2.67. The molecule has 18 heavy (non-hydrogen) atoms. The van der Waals surface area contributed by atoms with Crippen LogP contribution < -0.4 is 0 Å². The summed E-state index contributed by atoms with van der Waals surface area (Å²) in [5.74, 6) is -1.44. The van der Waals surface area contributed by atoms with E-state index in [2.05, 4.69) is 0 Å². The molecule has 0 fully saturated rings. The normalized spacial score (nSPS) is 14.9. The van der Waals surface area contributed by atoms with Gasteiger partial charge in [-0.05, 0) is 50.1 Å². The van der Waals surface area contributed by atoms with Crippen LogP contribution in [0.4, 0.5) is 0 Å². The van der Waals surface area contributed by atoms with Gasteiger partial charge in [-0.3, -0.25) is 9.59 Å². The third-order valence-electron chi connectivity index (χ3n) is 2.24. The lowest BCUT2D eigenvalue weighted by Gasteiger charge is -2.25. The average molecular weight is 289 g/mol. The second kappa shape index (κ2) is 5.85. The van der Waals surface area contributed by atoms with Gasteiger partial charge in [0, 0.05) is 0 Å². The van der Waals surface area contributed by atoms with E-state index in [4.69, 9.17) is 16.3 Å². The zero-order valence-corrected chi connectivity index (χ0v) is 12.5. The molecule has 0 saturated heterocycles. The fourth-order valence-electron chi connectivity index (χ4n) is 1.48. The summed E-state index contributed by atoms with van der Waals surface area (Å²) in [5, 5.41) is 2.76. The molecule has 0 N–H and O–H groups in total. The predicted octanol–water partition coefficient (Wildman–Crippen LogP) is 3.37. The molecule has 0 spiro atoms. The van der Waals surface area contributed by atoms with Gasteiger partial charge in [-0.15, -0.1) is 11.6 Å². The van der Waals surface area contributed by atoms with E-state index in [1.165, 1.54) is 18.3 Å². The Morgan fingerprint density at radius 2 is 2.00 bits per heavy atom. The van der Waals surface area contributed by atoms with Crippen molar-refractivity contribution in [1.82, 2.24) is 0 Å². The largest absolute Gasteiger partial charge is 0.459 e. The molecule has 0 aromatic carbocycles. The van der Waals surface area contributed by atoms with Crippen molar-refractivity contribution in [3.8, 4) is 0 Å². The maximum Gasteiger partial charge on any atom is 0.315 e. The lowest BCUT2D eigenvalue weighted by molar-refractivity contribution is -0.157. The van der Waals surface area contributed by atoms with Crippen molar-refractivity contribution in [2.75, 3.05) is 0 Å². The van der Waals surface area contributed by atoms with Crippen molar-refractivity contribution in [3.63, 3.8) is 0 Å². The number of ether oxygens (including phenoxy) is 1. The second-order valence-corrected chi connectivity index (χ2v) is 6.33. The fourth-order valence-corrected chi connectivity index (χ4v) is 2.42. The molecular formula is C13H17ClO3S. The third kappa shape index (κ3) is 4.10. The summed E-state index contributed by atoms with van der Waals surface area (Å²) in [6.45, 7) is 6.73. The molecule has 1 aromatic heterocycles. The molecule has 1 rings (SSSR count). The minimum absolute atomic E-state index is 0.237. The summed E-state index contributed by atoms with van der Waals surface area (Å²) in [7, 11) is 0. The Morgan fingerprint density at radius 3 is 2.39 bits per heavy atom. The Kier molecular flexibility index (Phi) is 4.93. The predicted molar refractivity (Wildman–Crippen MR) is 73.2 cm³/mol. The van der Waals surface area contributed by atoms with Crippen LogP contribution in [0.15, 0.2) is 16.8 Å². The van der Waals surface area contributed by atoms with Gasteiger partial charge in [0.15, 0.2) is 0 Å². The number of carbonyl (C=O) groups is 2. The van der Waals surface area contributed by atoms with E-state index < -0.39 is 22.9 Å². The first-order valence-corrected chi connectivity index (χ1v) is 7.00. The number of halogens is 1. The first-order valence-electron chi connectivity index (χ1n) is 5.62. The molecule has 0 aliphatic carbocycles. The van der Waals surface area contributed by atoms with Crippen LogP contribution in [0.5, 0.6) is 0 Å². The Balaban J connectivity index is 2.99. The summed E-state index contributed by atoms with van der Waals surface area (Å²) >= 11 is 7.51. The van der Waals surface area contributed by atoms with E-state index in [1.807, 2.05) is 10.8 Å². The number of alkyl halides is 1. The molecule has 1 heterocycles. The quantitative estimate of drug-likeness (QED) is 0.630. The number of thiophene rings is 1. The molecule has 2 atom stereocenters. The molecule has 0 bridgehead atoms. The monoisotopic (exact) mass is 288 g/mol. The SMILES string of the molecule is CC(=O)C(Cl)C(C(=O)OC(C)(C)C)c1ccsc1. The van der Waals surface area contributed by atoms with Crippen LogP contribution in [-0.2, 0) is 14.3 Å². The van der Waals surface area contributed by atoms with Crippen molar-refractivity contribution >= 4 is 34.7 Å². The van der Waals surface area contributed by atoms with Gasteiger partial charge in [-0.1, -0.05) is 0 Å². The van der Waals surface area contributed by atoms with Crippen LogP contribution in [-0.4, -0.2) is 22.7 Å². The summed E-state index contributed by atoms with van der Waals surface area (Å²) in [4.78, 5) is 23.6. The van der Waals surface area contributed by atoms with Gasteiger partial charge >= 0.3 is 5.97 Å². The Bertz CT molecular complexity index is 420. The van der Waals surface area contributed by atoms with Crippen molar-refractivity contribution in [2.45, 2.75) is 44.6 Å². The maximum atomic E-state index is 12.1. The van der Waals surface area contributed by atoms with Crippen LogP contribution in [0.25, 0.3) is 0 Å². The van der Waals surface area contributed by atoms with E-state index in [-0.39, 0.29) is 5.78 Å².